The molecule has 0 atom stereocenters. The van der Waals surface area contributed by atoms with Crippen LogP contribution in [0.25, 0.3) is 11.5 Å². The Balaban J connectivity index is 2.04. The molecule has 0 unspecified atom stereocenters. The molecule has 19 heavy (non-hydrogen) atoms. The van der Waals surface area contributed by atoms with Crippen LogP contribution >= 0.6 is 0 Å². The second kappa shape index (κ2) is 6.75. The molecule has 0 bridgehead atoms. The van der Waals surface area contributed by atoms with Crippen LogP contribution < -0.4 is 10.1 Å². The van der Waals surface area contributed by atoms with E-state index in [1.807, 2.05) is 0 Å². The zero-order chi connectivity index (χ0) is 13.5. The van der Waals surface area contributed by atoms with E-state index in [0.717, 1.165) is 25.1 Å². The molecule has 0 aliphatic rings. The van der Waals surface area contributed by atoms with Gasteiger partial charge in [-0.1, -0.05) is 6.92 Å². The van der Waals surface area contributed by atoms with Gasteiger partial charge in [0.15, 0.2) is 5.82 Å². The maximum absolute atomic E-state index is 4.96. The van der Waals surface area contributed by atoms with Crippen LogP contribution in [0.1, 0.15) is 18.9 Å². The quantitative estimate of drug-likeness (QED) is 0.791. The van der Waals surface area contributed by atoms with Crippen molar-refractivity contribution in [1.29, 1.82) is 0 Å². The zero-order valence-corrected chi connectivity index (χ0v) is 11.1. The minimum absolute atomic E-state index is 0.476. The molecule has 0 saturated carbocycles. The van der Waals surface area contributed by atoms with Crippen molar-refractivity contribution in [3.05, 3.63) is 30.1 Å². The summed E-state index contributed by atoms with van der Waals surface area (Å²) in [5, 5.41) is 11.2. The van der Waals surface area contributed by atoms with Gasteiger partial charge in [-0.25, -0.2) is 9.97 Å². The molecule has 0 radical (unpaired) electrons. The second-order valence-corrected chi connectivity index (χ2v) is 4.05. The standard InChI is InChI=1S/C13H17N5O/c1-3-6-14-7-10-8-15-13(16-9-10)11-4-5-12(19-2)18-17-11/h4-5,8-9,14H,3,6-7H2,1-2H3. The number of methoxy groups -OCH3 is 1. The van der Waals surface area contributed by atoms with Crippen molar-refractivity contribution < 1.29 is 4.74 Å². The number of nitrogens with one attached hydrogen (secondary N) is 1. The van der Waals surface area contributed by atoms with Gasteiger partial charge in [-0.2, -0.15) is 0 Å². The lowest BCUT2D eigenvalue weighted by Crippen LogP contribution is -2.14. The Morgan fingerprint density at radius 2 is 1.95 bits per heavy atom. The molecular formula is C13H17N5O. The van der Waals surface area contributed by atoms with Gasteiger partial charge < -0.3 is 10.1 Å². The lowest BCUT2D eigenvalue weighted by atomic mass is 10.3. The molecule has 0 amide bonds. The molecule has 0 spiro atoms. The van der Waals surface area contributed by atoms with Crippen LogP contribution in [0.4, 0.5) is 0 Å². The van der Waals surface area contributed by atoms with Gasteiger partial charge in [-0.15, -0.1) is 10.2 Å². The molecule has 0 aliphatic carbocycles. The summed E-state index contributed by atoms with van der Waals surface area (Å²) in [5.41, 5.74) is 1.69. The molecule has 0 fully saturated rings. The van der Waals surface area contributed by atoms with Crippen molar-refractivity contribution in [3.63, 3.8) is 0 Å². The Kier molecular flexibility index (Phi) is 4.74. The van der Waals surface area contributed by atoms with Gasteiger partial charge in [0.05, 0.1) is 7.11 Å². The number of nitrogens with zero attached hydrogens (tertiary/aromatic N) is 4. The molecular weight excluding hydrogens is 242 g/mol. The second-order valence-electron chi connectivity index (χ2n) is 4.05. The number of hydrogen-bond acceptors (Lipinski definition) is 6. The van der Waals surface area contributed by atoms with Crippen molar-refractivity contribution >= 4 is 0 Å². The van der Waals surface area contributed by atoms with Crippen LogP contribution in [0.15, 0.2) is 24.5 Å². The monoisotopic (exact) mass is 259 g/mol. The smallest absolute Gasteiger partial charge is 0.233 e. The van der Waals surface area contributed by atoms with Gasteiger partial charge in [0.1, 0.15) is 5.69 Å². The van der Waals surface area contributed by atoms with Crippen molar-refractivity contribution in [1.82, 2.24) is 25.5 Å². The van der Waals surface area contributed by atoms with E-state index in [0.29, 0.717) is 17.4 Å². The first-order valence-electron chi connectivity index (χ1n) is 6.23. The van der Waals surface area contributed by atoms with Crippen LogP contribution in [0.2, 0.25) is 0 Å². The molecule has 6 nitrogen and oxygen atoms in total. The highest BCUT2D eigenvalue weighted by atomic mass is 16.5. The SMILES string of the molecule is CCCNCc1cnc(-c2ccc(OC)nn2)nc1. The topological polar surface area (TPSA) is 72.8 Å². The molecule has 1 N–H and O–H groups in total. The third-order valence-electron chi connectivity index (χ3n) is 2.54. The number of hydrogen-bond donors (Lipinski definition) is 1. The van der Waals surface area contributed by atoms with Crippen LogP contribution in [0, 0.1) is 0 Å². The number of rotatable bonds is 6. The van der Waals surface area contributed by atoms with E-state index in [9.17, 15) is 0 Å². The highest BCUT2D eigenvalue weighted by Gasteiger charge is 2.04. The molecule has 0 aromatic carbocycles. The summed E-state index contributed by atoms with van der Waals surface area (Å²) >= 11 is 0. The van der Waals surface area contributed by atoms with E-state index in [4.69, 9.17) is 4.74 Å². The molecule has 2 aromatic rings. The van der Waals surface area contributed by atoms with Crippen molar-refractivity contribution in [2.75, 3.05) is 13.7 Å². The Morgan fingerprint density at radius 1 is 1.16 bits per heavy atom. The molecule has 0 aliphatic heterocycles. The van der Waals surface area contributed by atoms with Crippen LogP contribution in [0.3, 0.4) is 0 Å². The summed E-state index contributed by atoms with van der Waals surface area (Å²) in [6.07, 6.45) is 4.72. The predicted molar refractivity (Wildman–Crippen MR) is 71.6 cm³/mol. The number of ether oxygens (including phenoxy) is 1. The Morgan fingerprint density at radius 3 is 2.53 bits per heavy atom. The summed E-state index contributed by atoms with van der Waals surface area (Å²) in [7, 11) is 1.55. The molecule has 2 rings (SSSR count). The fraction of sp³-hybridized carbons (Fsp3) is 0.385. The molecule has 2 aromatic heterocycles. The molecule has 100 valence electrons. The van der Waals surface area contributed by atoms with Gasteiger partial charge >= 0.3 is 0 Å². The molecule has 6 heteroatoms. The maximum atomic E-state index is 4.96. The maximum Gasteiger partial charge on any atom is 0.233 e. The summed E-state index contributed by atoms with van der Waals surface area (Å²) < 4.78 is 4.96. The minimum Gasteiger partial charge on any atom is -0.480 e. The van der Waals surface area contributed by atoms with Crippen molar-refractivity contribution in [2.45, 2.75) is 19.9 Å². The summed E-state index contributed by atoms with van der Waals surface area (Å²) in [5.74, 6) is 1.04. The van der Waals surface area contributed by atoms with Crippen LogP contribution in [-0.2, 0) is 6.54 Å². The first-order valence-corrected chi connectivity index (χ1v) is 6.23. The highest BCUT2D eigenvalue weighted by molar-refractivity contribution is 5.47. The lowest BCUT2D eigenvalue weighted by Gasteiger charge is -2.03. The molecule has 2 heterocycles. The summed E-state index contributed by atoms with van der Waals surface area (Å²) in [4.78, 5) is 8.58. The van der Waals surface area contributed by atoms with E-state index in [1.165, 1.54) is 0 Å². The first-order chi connectivity index (χ1) is 9.33. The first kappa shape index (κ1) is 13.4. The normalized spacial score (nSPS) is 10.4. The summed E-state index contributed by atoms with van der Waals surface area (Å²) in [6, 6.07) is 3.53. The minimum atomic E-state index is 0.476. The Labute approximate surface area is 112 Å². The Hall–Kier alpha value is -2.08. The van der Waals surface area contributed by atoms with Gasteiger partial charge in [-0.3, -0.25) is 0 Å². The zero-order valence-electron chi connectivity index (χ0n) is 11.1. The van der Waals surface area contributed by atoms with Crippen LogP contribution in [0.5, 0.6) is 5.88 Å². The van der Waals surface area contributed by atoms with E-state index >= 15 is 0 Å². The fourth-order valence-electron chi connectivity index (χ4n) is 1.54. The van der Waals surface area contributed by atoms with Gasteiger partial charge in [-0.05, 0) is 19.0 Å². The Bertz CT molecular complexity index is 497. The average Bonchev–Trinajstić information content (AvgIpc) is 2.48. The van der Waals surface area contributed by atoms with Gasteiger partial charge in [0.25, 0.3) is 0 Å². The largest absolute Gasteiger partial charge is 0.480 e. The van der Waals surface area contributed by atoms with E-state index in [-0.39, 0.29) is 0 Å². The highest BCUT2D eigenvalue weighted by Crippen LogP contribution is 2.12. The third-order valence-corrected chi connectivity index (χ3v) is 2.54. The number of aromatic nitrogens is 4. The fourth-order valence-corrected chi connectivity index (χ4v) is 1.54. The average molecular weight is 259 g/mol. The predicted octanol–water partition coefficient (Wildman–Crippen LogP) is 1.44. The van der Waals surface area contributed by atoms with Crippen molar-refractivity contribution in [3.8, 4) is 17.4 Å². The summed E-state index contributed by atoms with van der Waals surface area (Å²) in [6.45, 7) is 3.91. The van der Waals surface area contributed by atoms with Crippen LogP contribution in [-0.4, -0.2) is 33.8 Å². The van der Waals surface area contributed by atoms with Crippen molar-refractivity contribution in [2.24, 2.45) is 0 Å². The van der Waals surface area contributed by atoms with Gasteiger partial charge in [0, 0.05) is 30.6 Å². The van der Waals surface area contributed by atoms with E-state index in [1.54, 1.807) is 31.6 Å². The van der Waals surface area contributed by atoms with E-state index in [2.05, 4.69) is 32.4 Å². The van der Waals surface area contributed by atoms with Gasteiger partial charge in [0.2, 0.25) is 5.88 Å². The lowest BCUT2D eigenvalue weighted by molar-refractivity contribution is 0.392. The third kappa shape index (κ3) is 3.69. The van der Waals surface area contributed by atoms with E-state index < -0.39 is 0 Å². The molecule has 0 saturated heterocycles.